The average Bonchev–Trinajstić information content (AvgIpc) is 3.15. The van der Waals surface area contributed by atoms with Crippen molar-refractivity contribution in [3.05, 3.63) is 23.0 Å². The Morgan fingerprint density at radius 1 is 0.824 bits per heavy atom. The Kier molecular flexibility index (Phi) is 15.0. The minimum absolute atomic E-state index is 0. The van der Waals surface area contributed by atoms with Gasteiger partial charge in [0.25, 0.3) is 0 Å². The molecule has 8 atom stereocenters. The van der Waals surface area contributed by atoms with Crippen LogP contribution in [0.1, 0.15) is 72.6 Å². The molecule has 1 heterocycles. The molecule has 34 heavy (non-hydrogen) atoms. The van der Waals surface area contributed by atoms with E-state index in [9.17, 15) is 0 Å². The molecule has 0 amide bonds. The van der Waals surface area contributed by atoms with Crippen LogP contribution in [-0.2, 0) is 21.7 Å². The van der Waals surface area contributed by atoms with Gasteiger partial charge in [0, 0.05) is 12.1 Å². The van der Waals surface area contributed by atoms with Crippen LogP contribution in [0, 0.1) is 37.0 Å². The van der Waals surface area contributed by atoms with E-state index in [1.807, 2.05) is 0 Å². The molecule has 1 saturated heterocycles. The van der Waals surface area contributed by atoms with Crippen molar-refractivity contribution >= 4 is 8.24 Å². The number of hydrogen-bond acceptors (Lipinski definition) is 1. The van der Waals surface area contributed by atoms with E-state index in [-0.39, 0.29) is 34.7 Å². The van der Waals surface area contributed by atoms with Gasteiger partial charge in [-0.1, -0.05) is 68.3 Å². The summed E-state index contributed by atoms with van der Waals surface area (Å²) in [6.07, 6.45) is 10.4. The van der Waals surface area contributed by atoms with Gasteiger partial charge in [-0.3, -0.25) is 4.90 Å². The molecule has 198 valence electrons. The first-order valence-corrected chi connectivity index (χ1v) is 16.4. The molecule has 0 aromatic carbocycles. The van der Waals surface area contributed by atoms with Crippen molar-refractivity contribution in [3.8, 4) is 0 Å². The molecule has 0 aromatic heterocycles. The van der Waals surface area contributed by atoms with E-state index in [4.69, 9.17) is 4.98 Å². The minimum atomic E-state index is -1.64. The number of nitrogens with zero attached hydrogens (tertiary/aromatic N) is 4. The molecular weight excluding hydrogens is 468 g/mol. The van der Waals surface area contributed by atoms with Crippen LogP contribution in [0.25, 0.3) is 15.6 Å². The molecule has 3 saturated carbocycles. The molecule has 4 rings (SSSR count). The second kappa shape index (κ2) is 14.6. The molecule has 0 N–H and O–H groups in total. The van der Waals surface area contributed by atoms with Crippen molar-refractivity contribution < 1.29 is 21.7 Å². The van der Waals surface area contributed by atoms with E-state index in [1.165, 1.54) is 44.9 Å². The van der Waals surface area contributed by atoms with E-state index in [2.05, 4.69) is 63.4 Å². The summed E-state index contributed by atoms with van der Waals surface area (Å²) in [5.74, 6) is 4.93. The minimum Gasteiger partial charge on any atom is -0.668 e. The zero-order valence-electron chi connectivity index (χ0n) is 24.9. The molecule has 6 heteroatoms. The first kappa shape index (κ1) is 34.8. The van der Waals surface area contributed by atoms with Gasteiger partial charge in [0.05, 0.1) is 0 Å². The Morgan fingerprint density at radius 2 is 1.32 bits per heavy atom. The van der Waals surface area contributed by atoms with E-state index in [1.54, 1.807) is 28.2 Å². The second-order valence-corrected chi connectivity index (χ2v) is 17.0. The Balaban J connectivity index is 0.00000124. The monoisotopic (exact) mass is 526 g/mol. The summed E-state index contributed by atoms with van der Waals surface area (Å²) < 4.78 is 0. The van der Waals surface area contributed by atoms with Crippen molar-refractivity contribution in [2.45, 2.75) is 109 Å². The standard InChI is InChI=1S/C23H43N2Si.2C2H6N.CH3.Ti/c1-15-12-13-19-18(14-15)20-16-10-8-9-11-17(16)22(21(20)25(19)5)26(6,7)24-23(2,3)4;2*1-3-2;;/h15-22H,8-14H2,1-7H3;2*1-2H3;1H3;/q4*-1;+4. The maximum atomic E-state index is 5.55. The Hall–Kier alpha value is 0.771. The van der Waals surface area contributed by atoms with Crippen LogP contribution in [0.5, 0.6) is 0 Å². The quantitative estimate of drug-likeness (QED) is 0.266. The Bertz CT molecular complexity index is 565. The largest absolute Gasteiger partial charge is 4.00 e. The van der Waals surface area contributed by atoms with Gasteiger partial charge in [-0.2, -0.15) is 28.2 Å². The van der Waals surface area contributed by atoms with Crippen LogP contribution < -0.4 is 0 Å². The third-order valence-electron chi connectivity index (χ3n) is 8.64. The fourth-order valence-corrected chi connectivity index (χ4v) is 13.0. The molecule has 4 nitrogen and oxygen atoms in total. The third kappa shape index (κ3) is 7.88. The van der Waals surface area contributed by atoms with Crippen LogP contribution in [0.2, 0.25) is 18.6 Å². The predicted molar refractivity (Wildman–Crippen MR) is 152 cm³/mol. The maximum absolute atomic E-state index is 5.55. The maximum Gasteiger partial charge on any atom is 4.00 e. The van der Waals surface area contributed by atoms with Gasteiger partial charge in [-0.05, 0) is 67.9 Å². The van der Waals surface area contributed by atoms with Crippen LogP contribution in [0.15, 0.2) is 0 Å². The topological polar surface area (TPSA) is 45.5 Å². The van der Waals surface area contributed by atoms with Crippen LogP contribution >= 0.6 is 0 Å². The molecule has 1 aliphatic heterocycles. The molecule has 0 spiro atoms. The third-order valence-corrected chi connectivity index (χ3v) is 12.3. The molecule has 0 radical (unpaired) electrons. The van der Waals surface area contributed by atoms with E-state index in [0.29, 0.717) is 0 Å². The smallest absolute Gasteiger partial charge is 0.668 e. The average molecular weight is 527 g/mol. The number of hydrogen-bond donors (Lipinski definition) is 0. The SMILES string of the molecule is CC1CCC2C(C1)C1C3CCCCC3C([Si](C)(C)[N-]C(C)(C)C)C1N2C.C[N-]C.C[N-]C.[CH3-].[Ti+4]. The summed E-state index contributed by atoms with van der Waals surface area (Å²) in [4.78, 5) is 8.47. The van der Waals surface area contributed by atoms with Crippen molar-refractivity contribution in [2.75, 3.05) is 35.2 Å². The first-order valence-electron chi connectivity index (χ1n) is 13.3. The number of likely N-dealkylation sites (tertiary alicyclic amines) is 1. The normalized spacial score (nSPS) is 36.8. The van der Waals surface area contributed by atoms with Gasteiger partial charge in [-0.15, -0.1) is 5.54 Å². The molecule has 8 unspecified atom stereocenters. The fraction of sp³-hybridized carbons (Fsp3) is 0.964. The van der Waals surface area contributed by atoms with Gasteiger partial charge in [-0.25, -0.2) is 0 Å². The predicted octanol–water partition coefficient (Wildman–Crippen LogP) is 7.98. The van der Waals surface area contributed by atoms with Crippen molar-refractivity contribution in [3.63, 3.8) is 0 Å². The van der Waals surface area contributed by atoms with Crippen LogP contribution in [-0.4, -0.2) is 66.0 Å². The zero-order valence-corrected chi connectivity index (χ0v) is 27.4. The molecule has 0 bridgehead atoms. The summed E-state index contributed by atoms with van der Waals surface area (Å²) in [6, 6.07) is 1.72. The number of rotatable bonds is 2. The first-order chi connectivity index (χ1) is 14.9. The molecule has 0 aromatic rings. The van der Waals surface area contributed by atoms with Gasteiger partial charge < -0.3 is 23.0 Å². The summed E-state index contributed by atoms with van der Waals surface area (Å²) in [7, 11) is 7.86. The molecule has 4 aliphatic rings. The molecular formula is C28H58N4SiTi. The summed E-state index contributed by atoms with van der Waals surface area (Å²) in [5, 5.41) is 7.00. The van der Waals surface area contributed by atoms with E-state index < -0.39 is 8.24 Å². The Labute approximate surface area is 230 Å². The zero-order chi connectivity index (χ0) is 24.3. The van der Waals surface area contributed by atoms with E-state index >= 15 is 0 Å². The summed E-state index contributed by atoms with van der Waals surface area (Å²) >= 11 is 0. The summed E-state index contributed by atoms with van der Waals surface area (Å²) in [6.45, 7) is 14.7. The summed E-state index contributed by atoms with van der Waals surface area (Å²) in [5.41, 5.74) is 1.01. The van der Waals surface area contributed by atoms with Gasteiger partial charge in [0.1, 0.15) is 0 Å². The van der Waals surface area contributed by atoms with E-state index in [0.717, 1.165) is 47.2 Å². The van der Waals surface area contributed by atoms with Crippen molar-refractivity contribution in [2.24, 2.45) is 29.6 Å². The number of fused-ring (bicyclic) bond motifs is 5. The van der Waals surface area contributed by atoms with Gasteiger partial charge in [0.2, 0.25) is 0 Å². The fourth-order valence-electron chi connectivity index (χ4n) is 8.38. The van der Waals surface area contributed by atoms with Gasteiger partial charge >= 0.3 is 21.7 Å². The molecule has 4 fully saturated rings. The van der Waals surface area contributed by atoms with Crippen molar-refractivity contribution in [1.29, 1.82) is 0 Å². The second-order valence-electron chi connectivity index (χ2n) is 12.9. The van der Waals surface area contributed by atoms with Crippen LogP contribution in [0.4, 0.5) is 0 Å². The van der Waals surface area contributed by atoms with Crippen molar-refractivity contribution in [1.82, 2.24) is 4.90 Å². The van der Waals surface area contributed by atoms with Gasteiger partial charge in [0.15, 0.2) is 0 Å². The molecule has 3 aliphatic carbocycles. The van der Waals surface area contributed by atoms with Crippen LogP contribution in [0.3, 0.4) is 0 Å². The Morgan fingerprint density at radius 3 is 1.82 bits per heavy atom.